The summed E-state index contributed by atoms with van der Waals surface area (Å²) < 4.78 is 0. The molecule has 0 radical (unpaired) electrons. The fraction of sp³-hybridized carbons (Fsp3) is 0.636. The first kappa shape index (κ1) is 11.5. The summed E-state index contributed by atoms with van der Waals surface area (Å²) in [6, 6.07) is 0.473. The molecule has 1 atom stereocenters. The van der Waals surface area contributed by atoms with E-state index in [1.54, 1.807) is 0 Å². The van der Waals surface area contributed by atoms with Crippen molar-refractivity contribution in [3.63, 3.8) is 0 Å². The quantitative estimate of drug-likeness (QED) is 0.594. The highest BCUT2D eigenvalue weighted by Gasteiger charge is 2.35. The predicted octanol–water partition coefficient (Wildman–Crippen LogP) is 2.22. The summed E-state index contributed by atoms with van der Waals surface area (Å²) in [7, 11) is 1.99. The van der Waals surface area contributed by atoms with Gasteiger partial charge in [-0.15, -0.1) is 0 Å². The average Bonchev–Trinajstić information content (AvgIpc) is 2.97. The van der Waals surface area contributed by atoms with Gasteiger partial charge in [-0.25, -0.2) is 4.99 Å². The number of aliphatic imine (C=N–C) groups is 1. The van der Waals surface area contributed by atoms with Gasteiger partial charge in [0.25, 0.3) is 0 Å². The van der Waals surface area contributed by atoms with E-state index >= 15 is 0 Å². The molecule has 0 spiro atoms. The van der Waals surface area contributed by atoms with Crippen LogP contribution in [-0.2, 0) is 0 Å². The minimum atomic E-state index is 0.0353. The zero-order valence-corrected chi connectivity index (χ0v) is 10.6. The minimum absolute atomic E-state index is 0.0353. The van der Waals surface area contributed by atoms with Gasteiger partial charge in [0.05, 0.1) is 5.84 Å². The highest BCUT2D eigenvalue weighted by Crippen LogP contribution is 2.32. The van der Waals surface area contributed by atoms with Crippen LogP contribution in [0.3, 0.4) is 0 Å². The molecule has 1 saturated carbocycles. The summed E-state index contributed by atoms with van der Waals surface area (Å²) in [6.07, 6.45) is 4.20. The van der Waals surface area contributed by atoms with Gasteiger partial charge >= 0.3 is 0 Å². The summed E-state index contributed by atoms with van der Waals surface area (Å²) in [5.41, 5.74) is 0. The molecule has 1 unspecified atom stereocenters. The molecular formula is C11H17ClN4. The zero-order chi connectivity index (χ0) is 11.9. The molecule has 16 heavy (non-hydrogen) atoms. The Morgan fingerprint density at radius 3 is 2.75 bits per heavy atom. The SMILES string of the molecule is CC(=N)N(C1=CC(Cl)=NC(C)N1C)C1CC1. The van der Waals surface area contributed by atoms with Gasteiger partial charge in [-0.2, -0.15) is 0 Å². The minimum Gasteiger partial charge on any atom is -0.339 e. The summed E-state index contributed by atoms with van der Waals surface area (Å²) in [5.74, 6) is 1.56. The van der Waals surface area contributed by atoms with E-state index in [-0.39, 0.29) is 6.17 Å². The van der Waals surface area contributed by atoms with Crippen LogP contribution in [0, 0.1) is 5.41 Å². The van der Waals surface area contributed by atoms with E-state index < -0.39 is 0 Å². The molecule has 4 nitrogen and oxygen atoms in total. The number of hydrogen-bond acceptors (Lipinski definition) is 3. The normalized spacial score (nSPS) is 25.0. The van der Waals surface area contributed by atoms with Gasteiger partial charge in [0.1, 0.15) is 17.2 Å². The maximum Gasteiger partial charge on any atom is 0.129 e. The molecule has 1 N–H and O–H groups in total. The summed E-state index contributed by atoms with van der Waals surface area (Å²) in [4.78, 5) is 8.38. The lowest BCUT2D eigenvalue weighted by Gasteiger charge is -2.37. The van der Waals surface area contributed by atoms with Crippen LogP contribution in [0.4, 0.5) is 0 Å². The van der Waals surface area contributed by atoms with E-state index in [0.29, 0.717) is 17.0 Å². The van der Waals surface area contributed by atoms with E-state index in [0.717, 1.165) is 18.7 Å². The number of nitrogens with one attached hydrogen (secondary N) is 1. The molecule has 1 aliphatic carbocycles. The molecule has 0 aromatic carbocycles. The summed E-state index contributed by atoms with van der Waals surface area (Å²) in [5, 5.41) is 8.38. The fourth-order valence-electron chi connectivity index (χ4n) is 1.91. The molecular weight excluding hydrogens is 224 g/mol. The first-order valence-corrected chi connectivity index (χ1v) is 5.90. The number of hydrogen-bond donors (Lipinski definition) is 1. The highest BCUT2D eigenvalue weighted by molar-refractivity contribution is 6.68. The average molecular weight is 241 g/mol. The Bertz CT molecular complexity index is 370. The molecule has 1 heterocycles. The topological polar surface area (TPSA) is 42.7 Å². The monoisotopic (exact) mass is 240 g/mol. The number of allylic oxidation sites excluding steroid dienone is 1. The van der Waals surface area contributed by atoms with Crippen LogP contribution in [0.25, 0.3) is 0 Å². The van der Waals surface area contributed by atoms with E-state index in [4.69, 9.17) is 17.0 Å². The standard InChI is InChI=1S/C11H17ClN4/c1-7(13)16(9-4-5-9)11-6-10(12)14-8(2)15(11)3/h6,8-9,13H,4-5H2,1-3H3. The molecule has 0 aromatic heterocycles. The van der Waals surface area contributed by atoms with E-state index in [1.807, 2.05) is 31.9 Å². The van der Waals surface area contributed by atoms with Gasteiger partial charge in [0.15, 0.2) is 0 Å². The second-order valence-corrected chi connectivity index (χ2v) is 4.77. The second kappa shape index (κ2) is 4.09. The number of halogens is 1. The predicted molar refractivity (Wildman–Crippen MR) is 66.9 cm³/mol. The van der Waals surface area contributed by atoms with Gasteiger partial charge in [-0.3, -0.25) is 5.41 Å². The molecule has 1 fully saturated rings. The Hall–Kier alpha value is -1.03. The van der Waals surface area contributed by atoms with Crippen molar-refractivity contribution >= 4 is 22.6 Å². The van der Waals surface area contributed by atoms with Crippen molar-refractivity contribution in [2.75, 3.05) is 7.05 Å². The third-order valence-corrected chi connectivity index (χ3v) is 3.21. The molecule has 2 aliphatic rings. The third kappa shape index (κ3) is 2.07. The Morgan fingerprint density at radius 1 is 1.62 bits per heavy atom. The number of nitrogens with zero attached hydrogens (tertiary/aromatic N) is 3. The van der Waals surface area contributed by atoms with Crippen LogP contribution in [0.1, 0.15) is 26.7 Å². The van der Waals surface area contributed by atoms with Crippen molar-refractivity contribution in [1.29, 1.82) is 5.41 Å². The van der Waals surface area contributed by atoms with Crippen LogP contribution in [0.15, 0.2) is 16.9 Å². The Labute approximate surface area is 101 Å². The largest absolute Gasteiger partial charge is 0.339 e. The smallest absolute Gasteiger partial charge is 0.129 e. The zero-order valence-electron chi connectivity index (χ0n) is 9.87. The van der Waals surface area contributed by atoms with Crippen molar-refractivity contribution in [1.82, 2.24) is 9.80 Å². The van der Waals surface area contributed by atoms with Crippen LogP contribution in [0.2, 0.25) is 0 Å². The lowest BCUT2D eigenvalue weighted by molar-refractivity contribution is 0.249. The van der Waals surface area contributed by atoms with Crippen molar-refractivity contribution in [3.05, 3.63) is 11.9 Å². The highest BCUT2D eigenvalue weighted by atomic mass is 35.5. The number of rotatable bonds is 2. The number of amidine groups is 1. The van der Waals surface area contributed by atoms with Crippen LogP contribution in [-0.4, -0.2) is 40.1 Å². The molecule has 2 rings (SSSR count). The van der Waals surface area contributed by atoms with E-state index in [2.05, 4.69) is 9.89 Å². The molecule has 0 amide bonds. The molecule has 88 valence electrons. The van der Waals surface area contributed by atoms with Crippen LogP contribution >= 0.6 is 11.6 Å². The Morgan fingerprint density at radius 2 is 2.25 bits per heavy atom. The first-order valence-electron chi connectivity index (χ1n) is 5.53. The lowest BCUT2D eigenvalue weighted by atomic mass is 10.3. The van der Waals surface area contributed by atoms with Crippen LogP contribution < -0.4 is 0 Å². The third-order valence-electron chi connectivity index (χ3n) is 3.00. The molecule has 0 aromatic rings. The second-order valence-electron chi connectivity index (χ2n) is 4.38. The molecule has 1 aliphatic heterocycles. The van der Waals surface area contributed by atoms with Gasteiger partial charge in [-0.05, 0) is 26.7 Å². The Kier molecular flexibility index (Phi) is 2.93. The van der Waals surface area contributed by atoms with E-state index in [1.165, 1.54) is 0 Å². The first-order chi connectivity index (χ1) is 7.50. The lowest BCUT2D eigenvalue weighted by Crippen LogP contribution is -2.42. The molecule has 0 bridgehead atoms. The van der Waals surface area contributed by atoms with Gasteiger partial charge in [-0.1, -0.05) is 11.6 Å². The maximum absolute atomic E-state index is 7.86. The Balaban J connectivity index is 2.29. The van der Waals surface area contributed by atoms with E-state index in [9.17, 15) is 0 Å². The van der Waals surface area contributed by atoms with Gasteiger partial charge < -0.3 is 9.80 Å². The van der Waals surface area contributed by atoms with Gasteiger partial charge in [0, 0.05) is 19.2 Å². The van der Waals surface area contributed by atoms with Crippen molar-refractivity contribution in [3.8, 4) is 0 Å². The molecule has 5 heteroatoms. The molecule has 0 saturated heterocycles. The summed E-state index contributed by atoms with van der Waals surface area (Å²) in [6.45, 7) is 3.82. The van der Waals surface area contributed by atoms with Crippen molar-refractivity contribution < 1.29 is 0 Å². The van der Waals surface area contributed by atoms with Gasteiger partial charge in [0.2, 0.25) is 0 Å². The van der Waals surface area contributed by atoms with Crippen molar-refractivity contribution in [2.24, 2.45) is 4.99 Å². The fourth-order valence-corrected chi connectivity index (χ4v) is 2.15. The maximum atomic E-state index is 7.86. The summed E-state index contributed by atoms with van der Waals surface area (Å²) >= 11 is 6.00. The van der Waals surface area contributed by atoms with Crippen molar-refractivity contribution in [2.45, 2.75) is 38.9 Å². The van der Waals surface area contributed by atoms with Crippen LogP contribution in [0.5, 0.6) is 0 Å².